The van der Waals surface area contributed by atoms with Crippen LogP contribution in [0.25, 0.3) is 10.8 Å². The Balaban J connectivity index is 2.02. The van der Waals surface area contributed by atoms with Gasteiger partial charge in [-0.15, -0.1) is 0 Å². The van der Waals surface area contributed by atoms with Crippen LogP contribution >= 0.6 is 11.6 Å². The first-order valence-corrected chi connectivity index (χ1v) is 7.21. The summed E-state index contributed by atoms with van der Waals surface area (Å²) in [6, 6.07) is 11.9. The minimum Gasteiger partial charge on any atom is -0.388 e. The number of fused-ring (bicyclic) bond motifs is 1. The van der Waals surface area contributed by atoms with Gasteiger partial charge in [0, 0.05) is 22.9 Å². The van der Waals surface area contributed by atoms with E-state index in [2.05, 4.69) is 5.32 Å². The summed E-state index contributed by atoms with van der Waals surface area (Å²) in [4.78, 5) is 0. The van der Waals surface area contributed by atoms with Crippen molar-refractivity contribution in [3.63, 3.8) is 0 Å². The largest absolute Gasteiger partial charge is 0.388 e. The predicted octanol–water partition coefficient (Wildman–Crippen LogP) is 3.53. The van der Waals surface area contributed by atoms with E-state index in [1.807, 2.05) is 36.4 Å². The molecule has 0 saturated carbocycles. The smallest absolute Gasteiger partial charge is 0.0836 e. The first-order chi connectivity index (χ1) is 9.27. The molecule has 0 aliphatic carbocycles. The van der Waals surface area contributed by atoms with Crippen LogP contribution in [-0.2, 0) is 0 Å². The minimum absolute atomic E-state index is 0.290. The van der Waals surface area contributed by atoms with Crippen LogP contribution in [0.3, 0.4) is 0 Å². The standard InChI is InChI=1S/C16H18ClNO/c17-15-8-7-14(12-5-1-2-6-13(12)15)16(19)11-4-3-9-18-10-11/h1-2,5-8,11,16,18-19H,3-4,9-10H2. The predicted molar refractivity (Wildman–Crippen MR) is 79.5 cm³/mol. The van der Waals surface area contributed by atoms with E-state index in [0.717, 1.165) is 47.3 Å². The molecule has 19 heavy (non-hydrogen) atoms. The molecule has 2 nitrogen and oxygen atoms in total. The van der Waals surface area contributed by atoms with Gasteiger partial charge in [-0.25, -0.2) is 0 Å². The van der Waals surface area contributed by atoms with Crippen molar-refractivity contribution in [2.45, 2.75) is 18.9 Å². The lowest BCUT2D eigenvalue weighted by Gasteiger charge is -2.28. The van der Waals surface area contributed by atoms with Crippen LogP contribution in [0.1, 0.15) is 24.5 Å². The Labute approximate surface area is 118 Å². The summed E-state index contributed by atoms with van der Waals surface area (Å²) in [5, 5.41) is 16.8. The van der Waals surface area contributed by atoms with E-state index < -0.39 is 6.10 Å². The third kappa shape index (κ3) is 2.48. The molecule has 2 unspecified atom stereocenters. The van der Waals surface area contributed by atoms with Crippen molar-refractivity contribution in [2.24, 2.45) is 5.92 Å². The van der Waals surface area contributed by atoms with Gasteiger partial charge in [0.15, 0.2) is 0 Å². The zero-order valence-electron chi connectivity index (χ0n) is 10.8. The second-order valence-corrected chi connectivity index (χ2v) is 5.64. The number of piperidine rings is 1. The highest BCUT2D eigenvalue weighted by atomic mass is 35.5. The van der Waals surface area contributed by atoms with Gasteiger partial charge in [0.2, 0.25) is 0 Å². The Morgan fingerprint density at radius 3 is 2.68 bits per heavy atom. The summed E-state index contributed by atoms with van der Waals surface area (Å²) in [5.41, 5.74) is 0.994. The normalized spacial score (nSPS) is 21.5. The highest BCUT2D eigenvalue weighted by molar-refractivity contribution is 6.35. The van der Waals surface area contributed by atoms with Gasteiger partial charge < -0.3 is 10.4 Å². The van der Waals surface area contributed by atoms with E-state index in [1.165, 1.54) is 0 Å². The fraction of sp³-hybridized carbons (Fsp3) is 0.375. The van der Waals surface area contributed by atoms with Crippen molar-refractivity contribution in [3.05, 3.63) is 47.0 Å². The van der Waals surface area contributed by atoms with Crippen LogP contribution in [0.4, 0.5) is 0 Å². The summed E-state index contributed by atoms with van der Waals surface area (Å²) >= 11 is 6.23. The van der Waals surface area contributed by atoms with Crippen molar-refractivity contribution in [2.75, 3.05) is 13.1 Å². The lowest BCUT2D eigenvalue weighted by atomic mass is 9.87. The molecule has 3 rings (SSSR count). The fourth-order valence-electron chi connectivity index (χ4n) is 2.95. The molecule has 0 bridgehead atoms. The van der Waals surface area contributed by atoms with E-state index in [0.29, 0.717) is 5.92 Å². The molecule has 3 heteroatoms. The van der Waals surface area contributed by atoms with Crippen LogP contribution in [0.2, 0.25) is 5.02 Å². The third-order valence-corrected chi connectivity index (χ3v) is 4.33. The number of hydrogen-bond donors (Lipinski definition) is 2. The van der Waals surface area contributed by atoms with Gasteiger partial charge in [-0.1, -0.05) is 41.9 Å². The molecule has 1 heterocycles. The first-order valence-electron chi connectivity index (χ1n) is 6.83. The van der Waals surface area contributed by atoms with Crippen LogP contribution in [0.5, 0.6) is 0 Å². The Bertz CT molecular complexity index is 578. The molecule has 0 amide bonds. The van der Waals surface area contributed by atoms with Crippen LogP contribution < -0.4 is 5.32 Å². The number of benzene rings is 2. The first kappa shape index (κ1) is 12.9. The Morgan fingerprint density at radius 1 is 1.16 bits per heavy atom. The number of aliphatic hydroxyl groups is 1. The highest BCUT2D eigenvalue weighted by Gasteiger charge is 2.24. The maximum atomic E-state index is 10.7. The molecule has 1 aliphatic heterocycles. The molecule has 0 aromatic heterocycles. The zero-order chi connectivity index (χ0) is 13.2. The lowest BCUT2D eigenvalue weighted by Crippen LogP contribution is -2.33. The van der Waals surface area contributed by atoms with Gasteiger partial charge in [-0.2, -0.15) is 0 Å². The van der Waals surface area contributed by atoms with E-state index in [4.69, 9.17) is 11.6 Å². The van der Waals surface area contributed by atoms with E-state index in [1.54, 1.807) is 0 Å². The van der Waals surface area contributed by atoms with Crippen molar-refractivity contribution < 1.29 is 5.11 Å². The molecule has 2 aromatic rings. The topological polar surface area (TPSA) is 32.3 Å². The monoisotopic (exact) mass is 275 g/mol. The maximum absolute atomic E-state index is 10.7. The SMILES string of the molecule is OC(c1ccc(Cl)c2ccccc12)C1CCCNC1. The summed E-state index contributed by atoms with van der Waals surface area (Å²) in [6.45, 7) is 1.95. The van der Waals surface area contributed by atoms with Crippen LogP contribution in [-0.4, -0.2) is 18.2 Å². The van der Waals surface area contributed by atoms with Gasteiger partial charge in [-0.05, 0) is 36.4 Å². The van der Waals surface area contributed by atoms with Crippen molar-refractivity contribution in [3.8, 4) is 0 Å². The Hall–Kier alpha value is -1.09. The summed E-state index contributed by atoms with van der Waals surface area (Å²) in [6.07, 6.45) is 1.79. The van der Waals surface area contributed by atoms with E-state index in [9.17, 15) is 5.11 Å². The number of rotatable bonds is 2. The molecule has 0 radical (unpaired) electrons. The molecule has 1 fully saturated rings. The molecule has 2 atom stereocenters. The molecule has 100 valence electrons. The number of hydrogen-bond acceptors (Lipinski definition) is 2. The molecule has 1 aliphatic rings. The van der Waals surface area contributed by atoms with Gasteiger partial charge in [0.25, 0.3) is 0 Å². The van der Waals surface area contributed by atoms with Gasteiger partial charge in [-0.3, -0.25) is 0 Å². The summed E-state index contributed by atoms with van der Waals surface area (Å²) in [7, 11) is 0. The number of aliphatic hydroxyl groups excluding tert-OH is 1. The van der Waals surface area contributed by atoms with Crippen LogP contribution in [0, 0.1) is 5.92 Å². The van der Waals surface area contributed by atoms with Crippen molar-refractivity contribution >= 4 is 22.4 Å². The molecule has 1 saturated heterocycles. The highest BCUT2D eigenvalue weighted by Crippen LogP contribution is 2.34. The molecule has 2 aromatic carbocycles. The quantitative estimate of drug-likeness (QED) is 0.879. The van der Waals surface area contributed by atoms with Crippen molar-refractivity contribution in [1.82, 2.24) is 5.32 Å². The van der Waals surface area contributed by atoms with Crippen LogP contribution in [0.15, 0.2) is 36.4 Å². The average Bonchev–Trinajstić information content (AvgIpc) is 2.48. The number of nitrogens with one attached hydrogen (secondary N) is 1. The van der Waals surface area contributed by atoms with E-state index in [-0.39, 0.29) is 0 Å². The number of halogens is 1. The Morgan fingerprint density at radius 2 is 1.95 bits per heavy atom. The molecule has 0 spiro atoms. The lowest BCUT2D eigenvalue weighted by molar-refractivity contribution is 0.0934. The summed E-state index contributed by atoms with van der Waals surface area (Å²) in [5.74, 6) is 0.290. The zero-order valence-corrected chi connectivity index (χ0v) is 11.5. The Kier molecular flexibility index (Phi) is 3.74. The van der Waals surface area contributed by atoms with E-state index >= 15 is 0 Å². The van der Waals surface area contributed by atoms with Gasteiger partial charge in [0.05, 0.1) is 6.10 Å². The fourth-order valence-corrected chi connectivity index (χ4v) is 3.17. The second-order valence-electron chi connectivity index (χ2n) is 5.23. The maximum Gasteiger partial charge on any atom is 0.0836 e. The van der Waals surface area contributed by atoms with Crippen molar-refractivity contribution in [1.29, 1.82) is 0 Å². The summed E-state index contributed by atoms with van der Waals surface area (Å²) < 4.78 is 0. The molecular formula is C16H18ClNO. The molecule has 2 N–H and O–H groups in total. The minimum atomic E-state index is -0.421. The average molecular weight is 276 g/mol. The second kappa shape index (κ2) is 5.49. The molecular weight excluding hydrogens is 258 g/mol. The van der Waals surface area contributed by atoms with Gasteiger partial charge >= 0.3 is 0 Å². The van der Waals surface area contributed by atoms with Gasteiger partial charge in [0.1, 0.15) is 0 Å². The third-order valence-electron chi connectivity index (χ3n) is 4.00.